The average Bonchev–Trinajstić information content (AvgIpc) is 3.10. The molecular weight excluding hydrogens is 359 g/mol. The van der Waals surface area contributed by atoms with Crippen molar-refractivity contribution in [3.8, 4) is 18.1 Å². The zero-order valence-corrected chi connectivity index (χ0v) is 14.3. The van der Waals surface area contributed by atoms with Crippen molar-refractivity contribution >= 4 is 8.38 Å². The van der Waals surface area contributed by atoms with Crippen molar-refractivity contribution in [3.63, 3.8) is 0 Å². The number of hydrogen-bond acceptors (Lipinski definition) is 6. The fraction of sp³-hybridized carbons (Fsp3) is 0.176. The lowest BCUT2D eigenvalue weighted by molar-refractivity contribution is -0.126. The Balaban J connectivity index is 1.57. The van der Waals surface area contributed by atoms with Crippen LogP contribution in [0.25, 0.3) is 0 Å². The normalized spacial score (nSPS) is 19.8. The van der Waals surface area contributed by atoms with Gasteiger partial charge in [0.1, 0.15) is 17.7 Å². The summed E-state index contributed by atoms with van der Waals surface area (Å²) in [5.41, 5.74) is -1.27. The first kappa shape index (κ1) is 18.1. The van der Waals surface area contributed by atoms with Gasteiger partial charge in [0.05, 0.1) is 0 Å². The van der Waals surface area contributed by atoms with Crippen molar-refractivity contribution in [3.05, 3.63) is 75.1 Å². The minimum atomic E-state index is -1.84. The number of para-hydroxylation sites is 1. The molecule has 0 saturated heterocycles. The fourth-order valence-electron chi connectivity index (χ4n) is 2.21. The van der Waals surface area contributed by atoms with E-state index in [-0.39, 0.29) is 11.9 Å². The molecular formula is C17H15N2O6P. The van der Waals surface area contributed by atoms with Crippen LogP contribution in [-0.2, 0) is 9.47 Å². The molecule has 0 aliphatic carbocycles. The standard InChI is InChI=1S/C17H15N2O6P/c1-2-12-10-19(17(21)18-16(12)20)14-8-9-15(24-14)23-11-26(22)25-13-6-4-3-5-7-13/h1,3-10,14-15,22H,11H2,(H,18,20,21). The smallest absolute Gasteiger partial charge is 0.330 e. The van der Waals surface area contributed by atoms with E-state index in [1.165, 1.54) is 6.20 Å². The quantitative estimate of drug-likeness (QED) is 0.449. The molecule has 134 valence electrons. The van der Waals surface area contributed by atoms with E-state index in [0.717, 1.165) is 4.57 Å². The van der Waals surface area contributed by atoms with Crippen LogP contribution in [0.2, 0.25) is 0 Å². The molecule has 26 heavy (non-hydrogen) atoms. The third-order valence-corrected chi connectivity index (χ3v) is 4.20. The minimum Gasteiger partial charge on any atom is -0.446 e. The molecule has 1 aromatic heterocycles. The SMILES string of the molecule is C#Cc1cn(C2C=CC(OCP(O)Oc3ccccc3)O2)c(=O)[nH]c1=O. The van der Waals surface area contributed by atoms with Gasteiger partial charge in [-0.3, -0.25) is 14.3 Å². The second-order valence-corrected chi connectivity index (χ2v) is 6.33. The molecule has 1 aromatic carbocycles. The van der Waals surface area contributed by atoms with E-state index >= 15 is 0 Å². The molecule has 2 aromatic rings. The van der Waals surface area contributed by atoms with Gasteiger partial charge in [0.25, 0.3) is 13.9 Å². The second kappa shape index (κ2) is 8.13. The van der Waals surface area contributed by atoms with Gasteiger partial charge in [-0.05, 0) is 24.3 Å². The Hall–Kier alpha value is -2.69. The van der Waals surface area contributed by atoms with Gasteiger partial charge in [-0.15, -0.1) is 6.42 Å². The number of aromatic amines is 1. The lowest BCUT2D eigenvalue weighted by Gasteiger charge is -2.18. The Bertz CT molecular complexity index is 946. The van der Waals surface area contributed by atoms with Crippen LogP contribution in [0.1, 0.15) is 11.8 Å². The number of H-pyrrole nitrogens is 1. The predicted molar refractivity (Wildman–Crippen MR) is 94.5 cm³/mol. The van der Waals surface area contributed by atoms with Crippen LogP contribution in [0.5, 0.6) is 5.75 Å². The van der Waals surface area contributed by atoms with Crippen molar-refractivity contribution in [2.45, 2.75) is 12.5 Å². The third-order valence-electron chi connectivity index (χ3n) is 3.41. The number of nitrogens with one attached hydrogen (secondary N) is 1. The van der Waals surface area contributed by atoms with Crippen LogP contribution in [0, 0.1) is 12.3 Å². The summed E-state index contributed by atoms with van der Waals surface area (Å²) in [5.74, 6) is 2.73. The first-order chi connectivity index (χ1) is 12.6. The summed E-state index contributed by atoms with van der Waals surface area (Å²) in [7, 11) is -1.84. The van der Waals surface area contributed by atoms with Gasteiger partial charge < -0.3 is 18.9 Å². The first-order valence-corrected chi connectivity index (χ1v) is 8.93. The summed E-state index contributed by atoms with van der Waals surface area (Å²) >= 11 is 0. The Labute approximate surface area is 149 Å². The van der Waals surface area contributed by atoms with Gasteiger partial charge >= 0.3 is 5.69 Å². The molecule has 0 fully saturated rings. The van der Waals surface area contributed by atoms with Crippen LogP contribution in [-0.4, -0.2) is 27.1 Å². The number of rotatable bonds is 6. The van der Waals surface area contributed by atoms with Crippen LogP contribution in [0.3, 0.4) is 0 Å². The molecule has 8 nitrogen and oxygen atoms in total. The molecule has 3 rings (SSSR count). The maximum absolute atomic E-state index is 11.9. The van der Waals surface area contributed by atoms with Crippen molar-refractivity contribution < 1.29 is 18.9 Å². The monoisotopic (exact) mass is 374 g/mol. The van der Waals surface area contributed by atoms with Gasteiger partial charge in [0.15, 0.2) is 12.5 Å². The largest absolute Gasteiger partial charge is 0.446 e. The Kier molecular flexibility index (Phi) is 5.66. The van der Waals surface area contributed by atoms with Crippen molar-refractivity contribution in [1.82, 2.24) is 9.55 Å². The Morgan fingerprint density at radius 3 is 2.81 bits per heavy atom. The number of hydrogen-bond donors (Lipinski definition) is 2. The number of terminal acetylenes is 1. The maximum atomic E-state index is 11.9. The summed E-state index contributed by atoms with van der Waals surface area (Å²) < 4.78 is 17.5. The molecule has 1 aliphatic heterocycles. The van der Waals surface area contributed by atoms with E-state index in [9.17, 15) is 14.5 Å². The van der Waals surface area contributed by atoms with E-state index in [1.54, 1.807) is 36.4 Å². The lowest BCUT2D eigenvalue weighted by Crippen LogP contribution is -2.33. The topological polar surface area (TPSA) is 103 Å². The molecule has 3 atom stereocenters. The Morgan fingerprint density at radius 1 is 1.31 bits per heavy atom. The average molecular weight is 374 g/mol. The molecule has 0 amide bonds. The second-order valence-electron chi connectivity index (χ2n) is 5.19. The number of nitrogens with zero attached hydrogens (tertiary/aromatic N) is 1. The Morgan fingerprint density at radius 2 is 2.08 bits per heavy atom. The summed E-state index contributed by atoms with van der Waals surface area (Å²) in [5, 5.41) is 0. The zero-order chi connectivity index (χ0) is 18.5. The summed E-state index contributed by atoms with van der Waals surface area (Å²) in [4.78, 5) is 35.4. The highest BCUT2D eigenvalue weighted by atomic mass is 31.2. The van der Waals surface area contributed by atoms with Gasteiger partial charge in [-0.2, -0.15) is 0 Å². The fourth-order valence-corrected chi connectivity index (χ4v) is 2.90. The van der Waals surface area contributed by atoms with E-state index < -0.39 is 32.1 Å². The van der Waals surface area contributed by atoms with Crippen LogP contribution >= 0.6 is 8.38 Å². The molecule has 2 N–H and O–H groups in total. The molecule has 1 aliphatic rings. The number of ether oxygens (including phenoxy) is 2. The van der Waals surface area contributed by atoms with E-state index in [0.29, 0.717) is 5.75 Å². The van der Waals surface area contributed by atoms with E-state index in [1.807, 2.05) is 6.07 Å². The van der Waals surface area contributed by atoms with E-state index in [2.05, 4.69) is 10.9 Å². The minimum absolute atomic E-state index is 0.0149. The summed E-state index contributed by atoms with van der Waals surface area (Å²) in [6.45, 7) is 0. The van der Waals surface area contributed by atoms with Crippen molar-refractivity contribution in [1.29, 1.82) is 0 Å². The molecule has 0 saturated carbocycles. The molecule has 9 heteroatoms. The first-order valence-electron chi connectivity index (χ1n) is 7.53. The zero-order valence-electron chi connectivity index (χ0n) is 13.4. The van der Waals surface area contributed by atoms with Crippen LogP contribution in [0.15, 0.2) is 58.3 Å². The molecule has 0 spiro atoms. The van der Waals surface area contributed by atoms with Crippen molar-refractivity contribution in [2.75, 3.05) is 6.35 Å². The van der Waals surface area contributed by atoms with Crippen LogP contribution in [0.4, 0.5) is 0 Å². The third kappa shape index (κ3) is 4.28. The summed E-state index contributed by atoms with van der Waals surface area (Å²) in [6, 6.07) is 8.86. The molecule has 0 bridgehead atoms. The highest BCUT2D eigenvalue weighted by molar-refractivity contribution is 7.46. The highest BCUT2D eigenvalue weighted by Gasteiger charge is 2.24. The van der Waals surface area contributed by atoms with Gasteiger partial charge in [0, 0.05) is 6.20 Å². The van der Waals surface area contributed by atoms with Gasteiger partial charge in [0.2, 0.25) is 0 Å². The summed E-state index contributed by atoms with van der Waals surface area (Å²) in [6.07, 6.45) is 8.01. The maximum Gasteiger partial charge on any atom is 0.330 e. The lowest BCUT2D eigenvalue weighted by atomic mass is 10.3. The van der Waals surface area contributed by atoms with Crippen LogP contribution < -0.4 is 15.8 Å². The molecule has 0 radical (unpaired) electrons. The molecule has 3 unspecified atom stereocenters. The predicted octanol–water partition coefficient (Wildman–Crippen LogP) is 1.29. The van der Waals surface area contributed by atoms with E-state index in [4.69, 9.17) is 20.4 Å². The van der Waals surface area contributed by atoms with Crippen molar-refractivity contribution in [2.24, 2.45) is 0 Å². The number of aromatic nitrogens is 2. The highest BCUT2D eigenvalue weighted by Crippen LogP contribution is 2.34. The molecule has 2 heterocycles. The number of benzene rings is 1. The van der Waals surface area contributed by atoms with Gasteiger partial charge in [-0.1, -0.05) is 24.1 Å². The van der Waals surface area contributed by atoms with Gasteiger partial charge in [-0.25, -0.2) is 4.79 Å².